The number of rotatable bonds is 5. The number of primary amides is 1. The molecule has 1 amide bonds. The van der Waals surface area contributed by atoms with Gasteiger partial charge in [-0.3, -0.25) is 9.69 Å². The molecular weight excluding hydrogens is 242 g/mol. The molecule has 1 aliphatic heterocycles. The Labute approximate surface area is 113 Å². The average Bonchev–Trinajstić information content (AvgIpc) is 2.45. The van der Waals surface area contributed by atoms with E-state index in [-0.39, 0.29) is 5.69 Å². The number of anilines is 1. The lowest BCUT2D eigenvalue weighted by atomic mass is 10.0. The second-order valence-corrected chi connectivity index (χ2v) is 4.78. The quantitative estimate of drug-likeness (QED) is 0.823. The minimum absolute atomic E-state index is 0.210. The number of hydrogen-bond donors (Lipinski definition) is 2. The van der Waals surface area contributed by atoms with Crippen LogP contribution >= 0.6 is 0 Å². The number of carbonyl (C=O) groups is 1. The predicted molar refractivity (Wildman–Crippen MR) is 73.9 cm³/mol. The fourth-order valence-electron chi connectivity index (χ4n) is 2.57. The number of aromatic nitrogens is 2. The lowest BCUT2D eigenvalue weighted by molar-refractivity contribution is 0.0996. The van der Waals surface area contributed by atoms with Crippen LogP contribution in [-0.2, 0) is 0 Å². The number of amides is 1. The maximum Gasteiger partial charge on any atom is 0.271 e. The Morgan fingerprint density at radius 2 is 2.26 bits per heavy atom. The zero-order chi connectivity index (χ0) is 13.7. The summed E-state index contributed by atoms with van der Waals surface area (Å²) in [7, 11) is 0. The van der Waals surface area contributed by atoms with Crippen LogP contribution in [0.25, 0.3) is 0 Å². The number of hydrogen-bond acceptors (Lipinski definition) is 5. The second-order valence-electron chi connectivity index (χ2n) is 4.78. The Hall–Kier alpha value is -1.69. The molecule has 2 heterocycles. The summed E-state index contributed by atoms with van der Waals surface area (Å²) in [4.78, 5) is 21.8. The van der Waals surface area contributed by atoms with Crippen LogP contribution in [-0.4, -0.2) is 46.5 Å². The van der Waals surface area contributed by atoms with E-state index in [0.717, 1.165) is 19.6 Å². The number of likely N-dealkylation sites (tertiary alicyclic amines) is 1. The molecule has 2 rings (SSSR count). The molecule has 6 nitrogen and oxygen atoms in total. The van der Waals surface area contributed by atoms with Gasteiger partial charge in [0.05, 0.1) is 0 Å². The van der Waals surface area contributed by atoms with E-state index in [1.54, 1.807) is 6.20 Å². The van der Waals surface area contributed by atoms with Crippen molar-refractivity contribution in [3.8, 4) is 0 Å². The maximum absolute atomic E-state index is 11.3. The number of likely N-dealkylation sites (N-methyl/N-ethyl adjacent to an activating group) is 1. The van der Waals surface area contributed by atoms with Crippen LogP contribution in [0.3, 0.4) is 0 Å². The van der Waals surface area contributed by atoms with Crippen LogP contribution in [0.4, 0.5) is 5.82 Å². The van der Waals surface area contributed by atoms with Crippen molar-refractivity contribution in [2.75, 3.05) is 25.0 Å². The summed E-state index contributed by atoms with van der Waals surface area (Å²) < 4.78 is 0. The summed E-state index contributed by atoms with van der Waals surface area (Å²) in [6, 6.07) is 0.487. The van der Waals surface area contributed by atoms with Crippen LogP contribution in [0.2, 0.25) is 0 Å². The number of piperidine rings is 1. The molecule has 6 heteroatoms. The first-order valence-corrected chi connectivity index (χ1v) is 6.81. The molecule has 0 aromatic carbocycles. The minimum Gasteiger partial charge on any atom is -0.367 e. The monoisotopic (exact) mass is 263 g/mol. The molecule has 1 unspecified atom stereocenters. The van der Waals surface area contributed by atoms with Crippen molar-refractivity contribution in [3.63, 3.8) is 0 Å². The molecule has 1 aromatic heterocycles. The van der Waals surface area contributed by atoms with Crippen LogP contribution in [0.5, 0.6) is 0 Å². The summed E-state index contributed by atoms with van der Waals surface area (Å²) in [6.45, 7) is 5.14. The first-order chi connectivity index (χ1) is 9.22. The van der Waals surface area contributed by atoms with E-state index >= 15 is 0 Å². The molecule has 3 N–H and O–H groups in total. The topological polar surface area (TPSA) is 84.1 Å². The Balaban J connectivity index is 2.00. The van der Waals surface area contributed by atoms with Gasteiger partial charge in [0.2, 0.25) is 0 Å². The first-order valence-electron chi connectivity index (χ1n) is 6.81. The summed E-state index contributed by atoms with van der Waals surface area (Å²) in [5, 5.41) is 3.21. The van der Waals surface area contributed by atoms with Gasteiger partial charge in [-0.15, -0.1) is 0 Å². The zero-order valence-electron chi connectivity index (χ0n) is 11.3. The van der Waals surface area contributed by atoms with E-state index in [1.807, 2.05) is 0 Å². The highest BCUT2D eigenvalue weighted by molar-refractivity contribution is 5.95. The van der Waals surface area contributed by atoms with Gasteiger partial charge in [-0.05, 0) is 25.9 Å². The van der Waals surface area contributed by atoms with Crippen molar-refractivity contribution in [3.05, 3.63) is 18.1 Å². The van der Waals surface area contributed by atoms with Crippen LogP contribution in [0.15, 0.2) is 12.4 Å². The molecule has 0 radical (unpaired) electrons. The fraction of sp³-hybridized carbons (Fsp3) is 0.615. The first kappa shape index (κ1) is 13.7. The van der Waals surface area contributed by atoms with Crippen LogP contribution in [0, 0.1) is 0 Å². The third-order valence-electron chi connectivity index (χ3n) is 3.59. The predicted octanol–water partition coefficient (Wildman–Crippen LogP) is 0.862. The molecule has 1 atom stereocenters. The second kappa shape index (κ2) is 6.47. The molecule has 1 aliphatic rings. The van der Waals surface area contributed by atoms with Gasteiger partial charge in [0, 0.05) is 25.0 Å². The molecule has 1 aromatic rings. The molecule has 0 aliphatic carbocycles. The van der Waals surface area contributed by atoms with E-state index < -0.39 is 5.91 Å². The average molecular weight is 263 g/mol. The number of nitrogens with two attached hydrogens (primary N) is 1. The van der Waals surface area contributed by atoms with Crippen LogP contribution in [0.1, 0.15) is 36.7 Å². The standard InChI is InChI=1S/C13H21N5O/c1-2-18-8-4-3-5-10(18)9-17-13-11(12(14)19)15-6-7-16-13/h6-7,10H,2-5,8-9H2,1H3,(H2,14,19)(H,16,17). The van der Waals surface area contributed by atoms with Crippen molar-refractivity contribution >= 4 is 11.7 Å². The molecule has 0 spiro atoms. The Morgan fingerprint density at radius 3 is 3.00 bits per heavy atom. The highest BCUT2D eigenvalue weighted by Gasteiger charge is 2.21. The van der Waals surface area contributed by atoms with E-state index in [0.29, 0.717) is 11.9 Å². The molecule has 1 saturated heterocycles. The number of nitrogens with zero attached hydrogens (tertiary/aromatic N) is 3. The van der Waals surface area contributed by atoms with Crippen LogP contribution < -0.4 is 11.1 Å². The molecule has 0 saturated carbocycles. The van der Waals surface area contributed by atoms with E-state index in [4.69, 9.17) is 5.73 Å². The van der Waals surface area contributed by atoms with E-state index in [9.17, 15) is 4.79 Å². The summed E-state index contributed by atoms with van der Waals surface area (Å²) >= 11 is 0. The molecule has 104 valence electrons. The fourth-order valence-corrected chi connectivity index (χ4v) is 2.57. The SMILES string of the molecule is CCN1CCCCC1CNc1nccnc1C(N)=O. The molecule has 1 fully saturated rings. The Morgan fingerprint density at radius 1 is 1.47 bits per heavy atom. The number of carbonyl (C=O) groups excluding carboxylic acids is 1. The van der Waals surface area contributed by atoms with E-state index in [1.165, 1.54) is 25.5 Å². The molecular formula is C13H21N5O. The lowest BCUT2D eigenvalue weighted by Crippen LogP contribution is -2.43. The van der Waals surface area contributed by atoms with Crippen molar-refractivity contribution in [2.24, 2.45) is 5.73 Å². The summed E-state index contributed by atoms with van der Waals surface area (Å²) in [5.74, 6) is -0.0665. The third-order valence-corrected chi connectivity index (χ3v) is 3.59. The van der Waals surface area contributed by atoms with Gasteiger partial charge in [-0.2, -0.15) is 0 Å². The zero-order valence-corrected chi connectivity index (χ0v) is 11.3. The van der Waals surface area contributed by atoms with Crippen molar-refractivity contribution < 1.29 is 4.79 Å². The lowest BCUT2D eigenvalue weighted by Gasteiger charge is -2.35. The Kier molecular flexibility index (Phi) is 4.68. The van der Waals surface area contributed by atoms with Crippen molar-refractivity contribution in [2.45, 2.75) is 32.2 Å². The van der Waals surface area contributed by atoms with Gasteiger partial charge in [0.25, 0.3) is 5.91 Å². The number of nitrogens with one attached hydrogen (secondary N) is 1. The van der Waals surface area contributed by atoms with Gasteiger partial charge in [0.15, 0.2) is 11.5 Å². The summed E-state index contributed by atoms with van der Waals surface area (Å²) in [6.07, 6.45) is 6.73. The van der Waals surface area contributed by atoms with Crippen molar-refractivity contribution in [1.29, 1.82) is 0 Å². The normalized spacial score (nSPS) is 20.2. The van der Waals surface area contributed by atoms with Gasteiger partial charge in [-0.25, -0.2) is 9.97 Å². The minimum atomic E-state index is -0.549. The van der Waals surface area contributed by atoms with Crippen molar-refractivity contribution in [1.82, 2.24) is 14.9 Å². The third kappa shape index (κ3) is 3.41. The smallest absolute Gasteiger partial charge is 0.271 e. The summed E-state index contributed by atoms with van der Waals surface area (Å²) in [5.41, 5.74) is 5.49. The van der Waals surface area contributed by atoms with Gasteiger partial charge in [0.1, 0.15) is 0 Å². The maximum atomic E-state index is 11.3. The van der Waals surface area contributed by atoms with Gasteiger partial charge >= 0.3 is 0 Å². The van der Waals surface area contributed by atoms with E-state index in [2.05, 4.69) is 27.1 Å². The molecule has 0 bridgehead atoms. The van der Waals surface area contributed by atoms with Gasteiger partial charge < -0.3 is 11.1 Å². The largest absolute Gasteiger partial charge is 0.367 e. The molecule has 19 heavy (non-hydrogen) atoms. The Bertz CT molecular complexity index is 437. The highest BCUT2D eigenvalue weighted by Crippen LogP contribution is 2.17. The van der Waals surface area contributed by atoms with Gasteiger partial charge in [-0.1, -0.05) is 13.3 Å². The highest BCUT2D eigenvalue weighted by atomic mass is 16.1.